The first-order valence-corrected chi connectivity index (χ1v) is 12.4. The number of benzene rings is 2. The Hall–Kier alpha value is -2.57. The van der Waals surface area contributed by atoms with Crippen molar-refractivity contribution in [1.29, 1.82) is 0 Å². The van der Waals surface area contributed by atoms with E-state index in [9.17, 15) is 18.5 Å². The number of nitro benzene ring substituents is 1. The molecule has 11 heteroatoms. The number of anilines is 2. The molecule has 2 aliphatic heterocycles. The van der Waals surface area contributed by atoms with Crippen LogP contribution >= 0.6 is 0 Å². The van der Waals surface area contributed by atoms with Crippen molar-refractivity contribution < 1.29 is 18.1 Å². The fourth-order valence-corrected chi connectivity index (χ4v) is 5.47. The fraction of sp³-hybridized carbons (Fsp3) is 0.455. The van der Waals surface area contributed by atoms with Crippen LogP contribution in [0.2, 0.25) is 0 Å². The number of hydrogen-bond donors (Lipinski definition) is 1. The monoisotopic (exact) mass is 475 g/mol. The van der Waals surface area contributed by atoms with Crippen molar-refractivity contribution in [3.63, 3.8) is 0 Å². The zero-order valence-electron chi connectivity index (χ0n) is 18.6. The van der Waals surface area contributed by atoms with Gasteiger partial charge in [0.25, 0.3) is 5.69 Å². The van der Waals surface area contributed by atoms with Crippen molar-refractivity contribution in [3.8, 4) is 0 Å². The molecule has 2 aromatic rings. The van der Waals surface area contributed by atoms with Crippen LogP contribution in [-0.4, -0.2) is 87.0 Å². The second kappa shape index (κ2) is 10.1. The maximum Gasteiger partial charge on any atom is 0.294 e. The lowest BCUT2D eigenvalue weighted by Gasteiger charge is -2.31. The summed E-state index contributed by atoms with van der Waals surface area (Å²) in [6.45, 7) is 5.91. The van der Waals surface area contributed by atoms with E-state index in [-0.39, 0.29) is 16.3 Å². The predicted molar refractivity (Wildman–Crippen MR) is 125 cm³/mol. The van der Waals surface area contributed by atoms with Crippen LogP contribution in [0.3, 0.4) is 0 Å². The Balaban J connectivity index is 1.54. The Kier molecular flexibility index (Phi) is 7.25. The first kappa shape index (κ1) is 23.6. The molecule has 33 heavy (non-hydrogen) atoms. The lowest BCUT2D eigenvalue weighted by molar-refractivity contribution is -0.384. The number of morpholine rings is 1. The largest absolute Gasteiger partial charge is 0.379 e. The highest BCUT2D eigenvalue weighted by Gasteiger charge is 2.29. The number of rotatable bonds is 7. The van der Waals surface area contributed by atoms with Crippen LogP contribution in [0.4, 0.5) is 17.1 Å². The minimum absolute atomic E-state index is 0.0645. The summed E-state index contributed by atoms with van der Waals surface area (Å²) < 4.78 is 32.8. The number of nitrogens with zero attached hydrogens (tertiary/aromatic N) is 4. The van der Waals surface area contributed by atoms with E-state index >= 15 is 0 Å². The van der Waals surface area contributed by atoms with Gasteiger partial charge < -0.3 is 15.0 Å². The van der Waals surface area contributed by atoms with E-state index < -0.39 is 14.9 Å². The van der Waals surface area contributed by atoms with Crippen LogP contribution in [0.5, 0.6) is 0 Å². The van der Waals surface area contributed by atoms with E-state index in [1.165, 1.54) is 16.4 Å². The average Bonchev–Trinajstić information content (AvgIpc) is 2.80. The maximum atomic E-state index is 13.0. The van der Waals surface area contributed by atoms with Gasteiger partial charge in [-0.3, -0.25) is 15.0 Å². The second-order valence-electron chi connectivity index (χ2n) is 8.36. The number of hydrogen-bond acceptors (Lipinski definition) is 8. The zero-order valence-corrected chi connectivity index (χ0v) is 19.5. The number of piperazine rings is 1. The summed E-state index contributed by atoms with van der Waals surface area (Å²) in [5.74, 6) is 0. The quantitative estimate of drug-likeness (QED) is 0.479. The van der Waals surface area contributed by atoms with E-state index in [1.807, 2.05) is 31.3 Å². The van der Waals surface area contributed by atoms with E-state index in [1.54, 1.807) is 0 Å². The van der Waals surface area contributed by atoms with Gasteiger partial charge in [0.15, 0.2) is 0 Å². The van der Waals surface area contributed by atoms with Crippen molar-refractivity contribution in [2.45, 2.75) is 11.4 Å². The molecule has 2 aromatic carbocycles. The second-order valence-corrected chi connectivity index (χ2v) is 10.3. The van der Waals surface area contributed by atoms with E-state index in [4.69, 9.17) is 4.74 Å². The molecule has 0 atom stereocenters. The summed E-state index contributed by atoms with van der Waals surface area (Å²) in [4.78, 5) is 15.5. The molecular weight excluding hydrogens is 446 g/mol. The third kappa shape index (κ3) is 5.68. The first-order chi connectivity index (χ1) is 15.8. The van der Waals surface area contributed by atoms with Crippen LogP contribution in [0.1, 0.15) is 5.56 Å². The summed E-state index contributed by atoms with van der Waals surface area (Å²) >= 11 is 0. The minimum Gasteiger partial charge on any atom is -0.379 e. The first-order valence-electron chi connectivity index (χ1n) is 11.0. The molecule has 0 unspecified atom stereocenters. The van der Waals surface area contributed by atoms with Gasteiger partial charge in [0.05, 0.1) is 23.0 Å². The van der Waals surface area contributed by atoms with Crippen molar-refractivity contribution in [3.05, 3.63) is 58.1 Å². The van der Waals surface area contributed by atoms with Crippen LogP contribution in [-0.2, 0) is 21.3 Å². The van der Waals surface area contributed by atoms with Crippen LogP contribution < -0.4 is 5.32 Å². The average molecular weight is 476 g/mol. The van der Waals surface area contributed by atoms with Crippen LogP contribution in [0, 0.1) is 10.1 Å². The third-order valence-electron chi connectivity index (χ3n) is 5.98. The smallest absolute Gasteiger partial charge is 0.294 e. The van der Waals surface area contributed by atoms with E-state index in [0.717, 1.165) is 31.3 Å². The van der Waals surface area contributed by atoms with Crippen LogP contribution in [0.25, 0.3) is 0 Å². The fourth-order valence-electron chi connectivity index (χ4n) is 4.03. The van der Waals surface area contributed by atoms with Gasteiger partial charge in [0.2, 0.25) is 10.0 Å². The molecule has 2 heterocycles. The number of likely N-dealkylation sites (N-methyl/N-ethyl adjacent to an activating group) is 1. The van der Waals surface area contributed by atoms with Crippen molar-refractivity contribution in [1.82, 2.24) is 14.1 Å². The summed E-state index contributed by atoms with van der Waals surface area (Å²) in [5, 5.41) is 14.9. The Labute approximate surface area is 193 Å². The zero-order chi connectivity index (χ0) is 23.4. The van der Waals surface area contributed by atoms with Gasteiger partial charge in [-0.2, -0.15) is 4.31 Å². The normalized spacial score (nSPS) is 18.8. The van der Waals surface area contributed by atoms with Gasteiger partial charge in [-0.05, 0) is 36.9 Å². The molecule has 10 nitrogen and oxygen atoms in total. The van der Waals surface area contributed by atoms with Crippen molar-refractivity contribution >= 4 is 27.1 Å². The highest BCUT2D eigenvalue weighted by atomic mass is 32.2. The molecule has 0 spiro atoms. The summed E-state index contributed by atoms with van der Waals surface area (Å²) in [6, 6.07) is 11.7. The predicted octanol–water partition coefficient (Wildman–Crippen LogP) is 2.11. The molecule has 1 N–H and O–H groups in total. The molecule has 0 bridgehead atoms. The van der Waals surface area contributed by atoms with Crippen molar-refractivity contribution in [2.75, 3.05) is 64.8 Å². The lowest BCUT2D eigenvalue weighted by Crippen LogP contribution is -2.47. The molecule has 0 aliphatic carbocycles. The highest BCUT2D eigenvalue weighted by molar-refractivity contribution is 7.89. The van der Waals surface area contributed by atoms with Gasteiger partial charge in [0.1, 0.15) is 5.69 Å². The summed E-state index contributed by atoms with van der Waals surface area (Å²) in [6.07, 6.45) is 0. The molecule has 0 amide bonds. The SMILES string of the molecule is CN1CCN(S(=O)(=O)c2ccc(Nc3cccc(CN4CCOCC4)c3)c([N+](=O)[O-])c2)CC1. The molecule has 0 saturated carbocycles. The number of nitrogens with one attached hydrogen (secondary N) is 1. The maximum absolute atomic E-state index is 13.0. The number of ether oxygens (including phenoxy) is 1. The number of nitro groups is 1. The third-order valence-corrected chi connectivity index (χ3v) is 7.88. The molecular formula is C22H29N5O5S. The van der Waals surface area contributed by atoms with Gasteiger partial charge in [-0.15, -0.1) is 0 Å². The van der Waals surface area contributed by atoms with Gasteiger partial charge in [-0.1, -0.05) is 12.1 Å². The molecule has 0 radical (unpaired) electrons. The molecule has 2 aliphatic rings. The van der Waals surface area contributed by atoms with Gasteiger partial charge in [-0.25, -0.2) is 8.42 Å². The Bertz CT molecular complexity index is 1100. The number of sulfonamides is 1. The van der Waals surface area contributed by atoms with Gasteiger partial charge in [0, 0.05) is 57.6 Å². The van der Waals surface area contributed by atoms with Crippen molar-refractivity contribution in [2.24, 2.45) is 0 Å². The topological polar surface area (TPSA) is 108 Å². The molecule has 0 aromatic heterocycles. The minimum atomic E-state index is -3.80. The lowest BCUT2D eigenvalue weighted by atomic mass is 10.1. The molecule has 2 saturated heterocycles. The Morgan fingerprint density at radius 1 is 1.03 bits per heavy atom. The summed E-state index contributed by atoms with van der Waals surface area (Å²) in [7, 11) is -1.86. The van der Waals surface area contributed by atoms with E-state index in [2.05, 4.69) is 15.1 Å². The Morgan fingerprint density at radius 3 is 2.45 bits per heavy atom. The molecule has 4 rings (SSSR count). The molecule has 2 fully saturated rings. The highest BCUT2D eigenvalue weighted by Crippen LogP contribution is 2.32. The molecule has 178 valence electrons. The Morgan fingerprint density at radius 2 is 1.76 bits per heavy atom. The van der Waals surface area contributed by atoms with Crippen LogP contribution in [0.15, 0.2) is 47.4 Å². The standard InChI is InChI=1S/C22H29N5O5S/c1-24-7-9-26(10-8-24)33(30,31)20-5-6-21(22(16-20)27(28)29)23-19-4-2-3-18(15-19)17-25-11-13-32-14-12-25/h2-6,15-16,23H,7-14,17H2,1H3. The van der Waals surface area contributed by atoms with E-state index in [0.29, 0.717) is 45.1 Å². The van der Waals surface area contributed by atoms with Gasteiger partial charge >= 0.3 is 0 Å². The summed E-state index contributed by atoms with van der Waals surface area (Å²) in [5.41, 5.74) is 1.77.